The van der Waals surface area contributed by atoms with Gasteiger partial charge in [-0.3, -0.25) is 5.09 Å². The molecule has 0 saturated carbocycles. The summed E-state index contributed by atoms with van der Waals surface area (Å²) in [6.07, 6.45) is 1.27. The van der Waals surface area contributed by atoms with Crippen LogP contribution in [0.3, 0.4) is 0 Å². The Morgan fingerprint density at radius 1 is 1.27 bits per heavy atom. The Labute approximate surface area is 72.8 Å². The topological polar surface area (TPSA) is 12.0 Å². The van der Waals surface area contributed by atoms with Gasteiger partial charge >= 0.3 is 0 Å². The Morgan fingerprint density at radius 3 is 1.82 bits per heavy atom. The lowest BCUT2D eigenvalue weighted by molar-refractivity contribution is 0.708. The molecule has 0 rings (SSSR count). The van der Waals surface area contributed by atoms with Gasteiger partial charge in [0, 0.05) is 6.04 Å². The lowest BCUT2D eigenvalue weighted by atomic mass is 10.3. The summed E-state index contributed by atoms with van der Waals surface area (Å²) in [4.78, 5) is 0. The van der Waals surface area contributed by atoms with E-state index in [1.807, 2.05) is 0 Å². The molecule has 2 heteroatoms. The Morgan fingerprint density at radius 2 is 1.73 bits per heavy atom. The number of hydrogen-bond donors (Lipinski definition) is 1. The zero-order chi connectivity index (χ0) is 9.07. The average molecular weight is 175 g/mol. The van der Waals surface area contributed by atoms with Gasteiger partial charge in [-0.1, -0.05) is 27.7 Å². The second kappa shape index (κ2) is 4.42. The first kappa shape index (κ1) is 11.4. The predicted octanol–water partition coefficient (Wildman–Crippen LogP) is 3.20. The van der Waals surface area contributed by atoms with Crippen molar-refractivity contribution in [3.05, 3.63) is 0 Å². The standard InChI is InChI=1S/C9H22NP/c1-7-11(9(4,5)6)10-8(2)3/h8,10H,7H2,1-6H3. The van der Waals surface area contributed by atoms with Crippen molar-refractivity contribution in [2.75, 3.05) is 6.16 Å². The number of nitrogens with one attached hydrogen (secondary N) is 1. The summed E-state index contributed by atoms with van der Waals surface area (Å²) in [5.41, 5.74) is 0. The Kier molecular flexibility index (Phi) is 4.58. The van der Waals surface area contributed by atoms with Gasteiger partial charge < -0.3 is 0 Å². The molecule has 0 aromatic rings. The first-order valence-electron chi connectivity index (χ1n) is 4.41. The average Bonchev–Trinajstić information content (AvgIpc) is 1.79. The van der Waals surface area contributed by atoms with Crippen molar-refractivity contribution in [3.8, 4) is 0 Å². The molecule has 0 fully saturated rings. The van der Waals surface area contributed by atoms with E-state index >= 15 is 0 Å². The number of hydrogen-bond acceptors (Lipinski definition) is 1. The highest BCUT2D eigenvalue weighted by Gasteiger charge is 2.22. The Hall–Kier alpha value is 0.390. The van der Waals surface area contributed by atoms with E-state index in [1.54, 1.807) is 0 Å². The summed E-state index contributed by atoms with van der Waals surface area (Å²) in [6, 6.07) is 0.625. The molecule has 1 N–H and O–H groups in total. The van der Waals surface area contributed by atoms with Gasteiger partial charge in [-0.15, -0.1) is 0 Å². The molecular weight excluding hydrogens is 153 g/mol. The minimum Gasteiger partial charge on any atom is -0.293 e. The summed E-state index contributed by atoms with van der Waals surface area (Å²) in [6.45, 7) is 13.7. The van der Waals surface area contributed by atoms with Gasteiger partial charge in [0.1, 0.15) is 0 Å². The molecule has 0 amide bonds. The fraction of sp³-hybridized carbons (Fsp3) is 1.00. The van der Waals surface area contributed by atoms with Crippen molar-refractivity contribution in [2.45, 2.75) is 52.7 Å². The molecule has 0 spiro atoms. The van der Waals surface area contributed by atoms with E-state index in [9.17, 15) is 0 Å². The molecule has 0 aromatic heterocycles. The Balaban J connectivity index is 3.96. The summed E-state index contributed by atoms with van der Waals surface area (Å²) in [5.74, 6) is 0. The van der Waals surface area contributed by atoms with E-state index in [4.69, 9.17) is 0 Å². The van der Waals surface area contributed by atoms with Crippen LogP contribution in [0.15, 0.2) is 0 Å². The van der Waals surface area contributed by atoms with Gasteiger partial charge in [-0.25, -0.2) is 0 Å². The molecule has 1 nitrogen and oxygen atoms in total. The molecule has 0 aliphatic heterocycles. The second-order valence-corrected chi connectivity index (χ2v) is 7.29. The van der Waals surface area contributed by atoms with E-state index in [1.165, 1.54) is 6.16 Å². The fourth-order valence-corrected chi connectivity index (χ4v) is 3.21. The maximum atomic E-state index is 3.63. The number of rotatable bonds is 3. The molecule has 68 valence electrons. The van der Waals surface area contributed by atoms with Gasteiger partial charge in [-0.05, 0) is 33.2 Å². The second-order valence-electron chi connectivity index (χ2n) is 4.20. The molecular formula is C9H22NP. The molecule has 11 heavy (non-hydrogen) atoms. The molecule has 0 bridgehead atoms. The SMILES string of the molecule is CCP(NC(C)C)C(C)(C)C. The maximum Gasteiger partial charge on any atom is 0.00468 e. The van der Waals surface area contributed by atoms with Crippen molar-refractivity contribution in [2.24, 2.45) is 0 Å². The molecule has 0 radical (unpaired) electrons. The summed E-state index contributed by atoms with van der Waals surface area (Å²) >= 11 is 0. The lowest BCUT2D eigenvalue weighted by Gasteiger charge is -2.32. The molecule has 1 unspecified atom stereocenters. The van der Waals surface area contributed by atoms with Crippen molar-refractivity contribution in [1.29, 1.82) is 0 Å². The van der Waals surface area contributed by atoms with Crippen LogP contribution < -0.4 is 5.09 Å². The Bertz CT molecular complexity index is 105. The smallest absolute Gasteiger partial charge is 0.00468 e. The van der Waals surface area contributed by atoms with Crippen molar-refractivity contribution in [1.82, 2.24) is 5.09 Å². The maximum absolute atomic E-state index is 3.63. The van der Waals surface area contributed by atoms with Crippen LogP contribution in [0.2, 0.25) is 0 Å². The third kappa shape index (κ3) is 4.76. The highest BCUT2D eigenvalue weighted by molar-refractivity contribution is 7.57. The van der Waals surface area contributed by atoms with Crippen molar-refractivity contribution < 1.29 is 0 Å². The molecule has 0 saturated heterocycles. The van der Waals surface area contributed by atoms with E-state index in [-0.39, 0.29) is 8.07 Å². The molecule has 0 heterocycles. The van der Waals surface area contributed by atoms with Crippen LogP contribution in [0, 0.1) is 0 Å². The molecule has 1 atom stereocenters. The van der Waals surface area contributed by atoms with Crippen LogP contribution in [0.4, 0.5) is 0 Å². The van der Waals surface area contributed by atoms with Gasteiger partial charge in [0.05, 0.1) is 0 Å². The van der Waals surface area contributed by atoms with Crippen LogP contribution in [0.1, 0.15) is 41.5 Å². The molecule has 0 aliphatic carbocycles. The molecule has 0 aromatic carbocycles. The van der Waals surface area contributed by atoms with Gasteiger partial charge in [0.2, 0.25) is 0 Å². The fourth-order valence-electron chi connectivity index (χ4n) is 1.07. The van der Waals surface area contributed by atoms with Gasteiger partial charge in [0.15, 0.2) is 0 Å². The predicted molar refractivity (Wildman–Crippen MR) is 55.5 cm³/mol. The zero-order valence-electron chi connectivity index (χ0n) is 8.73. The minimum absolute atomic E-state index is 0.0111. The van der Waals surface area contributed by atoms with Crippen LogP contribution in [-0.4, -0.2) is 17.4 Å². The van der Waals surface area contributed by atoms with E-state index in [0.29, 0.717) is 11.2 Å². The van der Waals surface area contributed by atoms with Crippen molar-refractivity contribution in [3.63, 3.8) is 0 Å². The third-order valence-corrected chi connectivity index (χ3v) is 4.62. The highest BCUT2D eigenvalue weighted by Crippen LogP contribution is 2.45. The first-order valence-corrected chi connectivity index (χ1v) is 5.94. The zero-order valence-corrected chi connectivity index (χ0v) is 9.63. The lowest BCUT2D eigenvalue weighted by Crippen LogP contribution is -2.27. The summed E-state index contributed by atoms with van der Waals surface area (Å²) < 4.78 is 0. The quantitative estimate of drug-likeness (QED) is 0.649. The van der Waals surface area contributed by atoms with Crippen LogP contribution in [-0.2, 0) is 0 Å². The van der Waals surface area contributed by atoms with Crippen LogP contribution in [0.5, 0.6) is 0 Å². The highest BCUT2D eigenvalue weighted by atomic mass is 31.1. The van der Waals surface area contributed by atoms with E-state index < -0.39 is 0 Å². The largest absolute Gasteiger partial charge is 0.293 e. The van der Waals surface area contributed by atoms with Crippen LogP contribution >= 0.6 is 8.07 Å². The summed E-state index contributed by atoms with van der Waals surface area (Å²) in [7, 11) is 0.0111. The normalized spacial score (nSPS) is 15.5. The third-order valence-electron chi connectivity index (χ3n) is 1.54. The first-order chi connectivity index (χ1) is 4.88. The molecule has 0 aliphatic rings. The van der Waals surface area contributed by atoms with Gasteiger partial charge in [-0.2, -0.15) is 0 Å². The summed E-state index contributed by atoms with van der Waals surface area (Å²) in [5, 5.41) is 4.09. The van der Waals surface area contributed by atoms with E-state index in [0.717, 1.165) is 0 Å². The monoisotopic (exact) mass is 175 g/mol. The van der Waals surface area contributed by atoms with Gasteiger partial charge in [0.25, 0.3) is 0 Å². The van der Waals surface area contributed by atoms with E-state index in [2.05, 4.69) is 46.6 Å². The van der Waals surface area contributed by atoms with Crippen molar-refractivity contribution >= 4 is 8.07 Å². The minimum atomic E-state index is 0.0111. The van der Waals surface area contributed by atoms with Crippen LogP contribution in [0.25, 0.3) is 0 Å².